The molecule has 4 aromatic rings. The highest BCUT2D eigenvalue weighted by molar-refractivity contribution is 8.16. The number of carbonyl (C=O) groups excluding carboxylic acids is 1. The highest BCUT2D eigenvalue weighted by atomic mass is 32.2. The number of hydrogen-bond donors (Lipinski definition) is 0. The standard InChI is InChI=1S/C29H30BN3O5S/c1-35-27-17-20(5-11-24(27)29(34)36-2)19-33-26-12-10-23(38-39-30)18-25(26)31-28(33)21-6-8-22(9-7-21)37-16-15-32-13-3-4-14-32/h5-12,17-18H,3-4,13-16,19H2,1-2H3. The summed E-state index contributed by atoms with van der Waals surface area (Å²) in [7, 11) is 8.39. The van der Waals surface area contributed by atoms with Crippen LogP contribution in [-0.2, 0) is 11.3 Å². The lowest BCUT2D eigenvalue weighted by Gasteiger charge is -2.15. The summed E-state index contributed by atoms with van der Waals surface area (Å²) in [5, 5.41) is 0. The molecular weight excluding hydrogens is 513 g/mol. The fraction of sp³-hybridized carbons (Fsp3) is 0.310. The lowest BCUT2D eigenvalue weighted by Crippen LogP contribution is -2.25. The van der Waals surface area contributed by atoms with Gasteiger partial charge >= 0.3 is 5.97 Å². The molecule has 200 valence electrons. The van der Waals surface area contributed by atoms with Crippen LogP contribution in [-0.4, -0.2) is 68.0 Å². The summed E-state index contributed by atoms with van der Waals surface area (Å²) in [4.78, 5) is 19.5. The van der Waals surface area contributed by atoms with Crippen molar-refractivity contribution in [2.24, 2.45) is 0 Å². The Hall–Kier alpha value is -3.63. The number of ether oxygens (including phenoxy) is 3. The number of imidazole rings is 1. The zero-order chi connectivity index (χ0) is 27.2. The molecule has 0 bridgehead atoms. The number of carbonyl (C=O) groups is 1. The molecule has 0 saturated carbocycles. The minimum absolute atomic E-state index is 0.376. The van der Waals surface area contributed by atoms with E-state index in [4.69, 9.17) is 30.5 Å². The number of nitrogens with zero attached hydrogens (tertiary/aromatic N) is 3. The lowest BCUT2D eigenvalue weighted by atomic mass is 10.1. The summed E-state index contributed by atoms with van der Waals surface area (Å²) in [6, 6.07) is 19.2. The summed E-state index contributed by atoms with van der Waals surface area (Å²) in [6.07, 6.45) is 2.55. The van der Waals surface area contributed by atoms with E-state index in [0.29, 0.717) is 30.2 Å². The van der Waals surface area contributed by atoms with E-state index in [0.717, 1.165) is 65.3 Å². The summed E-state index contributed by atoms with van der Waals surface area (Å²) in [5.41, 5.74) is 3.98. The molecule has 1 aliphatic heterocycles. The van der Waals surface area contributed by atoms with Crippen LogP contribution >= 0.6 is 11.9 Å². The van der Waals surface area contributed by atoms with Crippen LogP contribution in [0.2, 0.25) is 0 Å². The topological polar surface area (TPSA) is 75.1 Å². The number of hydrogen-bond acceptors (Lipinski definition) is 8. The lowest BCUT2D eigenvalue weighted by molar-refractivity contribution is 0.0597. The van der Waals surface area contributed by atoms with Gasteiger partial charge in [0.25, 0.3) is 0 Å². The van der Waals surface area contributed by atoms with E-state index < -0.39 is 5.97 Å². The molecule has 2 radical (unpaired) electrons. The zero-order valence-corrected chi connectivity index (χ0v) is 22.9. The Morgan fingerprint density at radius 1 is 1.00 bits per heavy atom. The molecule has 1 aromatic heterocycles. The second-order valence-electron chi connectivity index (χ2n) is 9.30. The van der Waals surface area contributed by atoms with Gasteiger partial charge in [0, 0.05) is 24.7 Å². The van der Waals surface area contributed by atoms with Crippen LogP contribution < -0.4 is 13.7 Å². The average Bonchev–Trinajstić information content (AvgIpc) is 3.61. The van der Waals surface area contributed by atoms with E-state index in [1.54, 1.807) is 6.07 Å². The van der Waals surface area contributed by atoms with E-state index in [1.165, 1.54) is 27.1 Å². The van der Waals surface area contributed by atoms with Crippen molar-refractivity contribution in [2.45, 2.75) is 19.4 Å². The van der Waals surface area contributed by atoms with E-state index in [-0.39, 0.29) is 0 Å². The van der Waals surface area contributed by atoms with Crippen LogP contribution in [0, 0.1) is 0 Å². The second-order valence-corrected chi connectivity index (χ2v) is 9.66. The van der Waals surface area contributed by atoms with Gasteiger partial charge in [0.15, 0.2) is 0 Å². The Balaban J connectivity index is 1.44. The Morgan fingerprint density at radius 2 is 1.77 bits per heavy atom. The third-order valence-electron chi connectivity index (χ3n) is 6.86. The van der Waals surface area contributed by atoms with Crippen molar-refractivity contribution in [1.29, 1.82) is 0 Å². The van der Waals surface area contributed by atoms with Crippen molar-refractivity contribution >= 4 is 36.0 Å². The number of esters is 1. The van der Waals surface area contributed by atoms with Gasteiger partial charge in [0.05, 0.1) is 25.3 Å². The van der Waals surface area contributed by atoms with Crippen molar-refractivity contribution < 1.29 is 23.2 Å². The highest BCUT2D eigenvalue weighted by Crippen LogP contribution is 2.31. The zero-order valence-electron chi connectivity index (χ0n) is 22.1. The molecule has 1 aliphatic rings. The maximum atomic E-state index is 12.1. The van der Waals surface area contributed by atoms with Crippen molar-refractivity contribution in [2.75, 3.05) is 40.5 Å². The van der Waals surface area contributed by atoms with Gasteiger partial charge in [-0.05, 0) is 91.9 Å². The Kier molecular flexibility index (Phi) is 8.63. The first-order valence-electron chi connectivity index (χ1n) is 12.8. The number of fused-ring (bicyclic) bond motifs is 1. The molecule has 39 heavy (non-hydrogen) atoms. The number of methoxy groups -OCH3 is 2. The predicted octanol–water partition coefficient (Wildman–Crippen LogP) is 5.13. The third-order valence-corrected chi connectivity index (χ3v) is 7.15. The molecule has 0 aliphatic carbocycles. The van der Waals surface area contributed by atoms with E-state index in [1.807, 2.05) is 54.6 Å². The van der Waals surface area contributed by atoms with Gasteiger partial charge in [-0.3, -0.25) is 4.90 Å². The highest BCUT2D eigenvalue weighted by Gasteiger charge is 2.17. The molecule has 1 saturated heterocycles. The fourth-order valence-corrected chi connectivity index (χ4v) is 5.11. The van der Waals surface area contributed by atoms with Gasteiger partial charge in [-0.1, -0.05) is 6.07 Å². The molecule has 0 amide bonds. The first-order valence-corrected chi connectivity index (χ1v) is 13.6. The molecule has 0 atom stereocenters. The monoisotopic (exact) mass is 543 g/mol. The molecule has 2 heterocycles. The van der Waals surface area contributed by atoms with Crippen molar-refractivity contribution in [3.05, 3.63) is 71.8 Å². The maximum Gasteiger partial charge on any atom is 0.341 e. The molecule has 8 nitrogen and oxygen atoms in total. The van der Waals surface area contributed by atoms with Crippen molar-refractivity contribution in [3.8, 4) is 28.6 Å². The smallest absolute Gasteiger partial charge is 0.341 e. The fourth-order valence-electron chi connectivity index (χ4n) is 4.89. The van der Waals surface area contributed by atoms with Crippen LogP contribution in [0.15, 0.2) is 60.7 Å². The van der Waals surface area contributed by atoms with Crippen LogP contribution in [0.5, 0.6) is 17.2 Å². The van der Waals surface area contributed by atoms with Gasteiger partial charge in [-0.2, -0.15) is 0 Å². The average molecular weight is 543 g/mol. The van der Waals surface area contributed by atoms with E-state index in [2.05, 4.69) is 9.47 Å². The number of benzene rings is 3. The Morgan fingerprint density at radius 3 is 2.49 bits per heavy atom. The largest absolute Gasteiger partial charge is 0.496 e. The molecular formula is C29H30BN3O5S. The maximum absolute atomic E-state index is 12.1. The molecule has 0 unspecified atom stereocenters. The molecule has 1 fully saturated rings. The predicted molar refractivity (Wildman–Crippen MR) is 154 cm³/mol. The van der Waals surface area contributed by atoms with Crippen LogP contribution in [0.25, 0.3) is 22.4 Å². The van der Waals surface area contributed by atoms with Crippen LogP contribution in [0.1, 0.15) is 28.8 Å². The molecule has 10 heteroatoms. The molecule has 3 aromatic carbocycles. The molecule has 5 rings (SSSR count). The van der Waals surface area contributed by atoms with Gasteiger partial charge < -0.3 is 23.0 Å². The second kappa shape index (κ2) is 12.5. The number of rotatable bonds is 11. The minimum Gasteiger partial charge on any atom is -0.496 e. The normalized spacial score (nSPS) is 13.5. The van der Waals surface area contributed by atoms with E-state index >= 15 is 0 Å². The summed E-state index contributed by atoms with van der Waals surface area (Å²) >= 11 is 0.796. The van der Waals surface area contributed by atoms with Crippen molar-refractivity contribution in [3.63, 3.8) is 0 Å². The SMILES string of the molecule is [B]SOc1ccc2c(c1)nc(-c1ccc(OCCN3CCCC3)cc1)n2Cc1ccc(C(=O)OC)c(OC)c1. The van der Waals surface area contributed by atoms with Gasteiger partial charge in [-0.15, -0.1) is 0 Å². The van der Waals surface area contributed by atoms with E-state index in [9.17, 15) is 4.79 Å². The molecule has 0 spiro atoms. The summed E-state index contributed by atoms with van der Waals surface area (Å²) in [5.74, 6) is 2.26. The quantitative estimate of drug-likeness (QED) is 0.146. The van der Waals surface area contributed by atoms with Gasteiger partial charge in [0.2, 0.25) is 7.12 Å². The minimum atomic E-state index is -0.444. The number of likely N-dealkylation sites (tertiary alicyclic amines) is 1. The van der Waals surface area contributed by atoms with Gasteiger partial charge in [0.1, 0.15) is 35.2 Å². The number of aromatic nitrogens is 2. The summed E-state index contributed by atoms with van der Waals surface area (Å²) in [6.45, 7) is 4.44. The van der Waals surface area contributed by atoms with Crippen molar-refractivity contribution in [1.82, 2.24) is 14.5 Å². The summed E-state index contributed by atoms with van der Waals surface area (Å²) < 4.78 is 23.9. The molecule has 0 N–H and O–H groups in total. The Labute approximate surface area is 233 Å². The van der Waals surface area contributed by atoms with Crippen LogP contribution in [0.3, 0.4) is 0 Å². The third kappa shape index (κ3) is 6.18. The first kappa shape index (κ1) is 27.0. The van der Waals surface area contributed by atoms with Crippen LogP contribution in [0.4, 0.5) is 0 Å². The Bertz CT molecular complexity index is 1440. The first-order chi connectivity index (χ1) is 19.1. The van der Waals surface area contributed by atoms with Gasteiger partial charge in [-0.25, -0.2) is 9.78 Å².